The summed E-state index contributed by atoms with van der Waals surface area (Å²) in [6.45, 7) is 0. The van der Waals surface area contributed by atoms with Crippen molar-refractivity contribution in [2.45, 2.75) is 0 Å². The summed E-state index contributed by atoms with van der Waals surface area (Å²) in [5, 5.41) is 0. The van der Waals surface area contributed by atoms with Gasteiger partial charge >= 0.3 is 11.9 Å². The average Bonchev–Trinajstić information content (AvgIpc) is 2.86. The van der Waals surface area contributed by atoms with Crippen LogP contribution in [0.1, 0.15) is 36.6 Å². The van der Waals surface area contributed by atoms with E-state index in [1.807, 2.05) is 0 Å². The molecule has 3 aromatic carbocycles. The molecule has 0 N–H and O–H groups in total. The van der Waals surface area contributed by atoms with E-state index < -0.39 is 11.9 Å². The summed E-state index contributed by atoms with van der Waals surface area (Å²) in [7, 11) is 4.22. The molecule has 33 heavy (non-hydrogen) atoms. The Bertz CT molecular complexity index is 1150. The van der Waals surface area contributed by atoms with E-state index in [0.29, 0.717) is 22.6 Å². The van der Waals surface area contributed by atoms with Gasteiger partial charge in [-0.2, -0.15) is 0 Å². The van der Waals surface area contributed by atoms with E-state index in [-0.39, 0.29) is 17.1 Å². The summed E-state index contributed by atoms with van der Waals surface area (Å²) in [6, 6.07) is 17.8. The number of benzene rings is 3. The predicted octanol–water partition coefficient (Wildman–Crippen LogP) is 4.61. The lowest BCUT2D eigenvalue weighted by atomic mass is 10.1. The summed E-state index contributed by atoms with van der Waals surface area (Å²) in [5.41, 5.74) is 1.78. The molecule has 3 rings (SSSR count). The standard InChI is InChI=1S/C26H22O7/c1-30-22-5-4-6-23(31-2)24(22)26(29)33-20-14-12-18(13-15-20)21(27)16-9-17-7-10-19(11-8-17)25(28)32-3/h4-16H,1-3H3/b16-9+. The van der Waals surface area contributed by atoms with Crippen LogP contribution in [0.15, 0.2) is 72.8 Å². The molecule has 168 valence electrons. The summed E-state index contributed by atoms with van der Waals surface area (Å²) in [5.74, 6) is -0.361. The van der Waals surface area contributed by atoms with Gasteiger partial charge in [0.1, 0.15) is 22.8 Å². The molecular weight excluding hydrogens is 424 g/mol. The van der Waals surface area contributed by atoms with E-state index in [1.165, 1.54) is 39.5 Å². The van der Waals surface area contributed by atoms with E-state index in [1.54, 1.807) is 60.7 Å². The fourth-order valence-electron chi connectivity index (χ4n) is 3.01. The van der Waals surface area contributed by atoms with Crippen LogP contribution in [0.25, 0.3) is 6.08 Å². The molecule has 7 nitrogen and oxygen atoms in total. The average molecular weight is 446 g/mol. The monoisotopic (exact) mass is 446 g/mol. The van der Waals surface area contributed by atoms with Crippen LogP contribution in [0, 0.1) is 0 Å². The Hall–Kier alpha value is -4.39. The van der Waals surface area contributed by atoms with Crippen LogP contribution in [-0.2, 0) is 4.74 Å². The Morgan fingerprint density at radius 1 is 0.697 bits per heavy atom. The topological polar surface area (TPSA) is 88.1 Å². The van der Waals surface area contributed by atoms with Crippen molar-refractivity contribution in [1.82, 2.24) is 0 Å². The lowest BCUT2D eigenvalue weighted by Gasteiger charge is -2.12. The van der Waals surface area contributed by atoms with Gasteiger partial charge in [0.25, 0.3) is 0 Å². The highest BCUT2D eigenvalue weighted by atomic mass is 16.5. The molecule has 0 bridgehead atoms. The van der Waals surface area contributed by atoms with E-state index in [2.05, 4.69) is 4.74 Å². The maximum Gasteiger partial charge on any atom is 0.351 e. The number of methoxy groups -OCH3 is 3. The molecular formula is C26H22O7. The second kappa shape index (κ2) is 10.8. The van der Waals surface area contributed by atoms with Crippen molar-refractivity contribution < 1.29 is 33.3 Å². The molecule has 0 aliphatic rings. The zero-order valence-electron chi connectivity index (χ0n) is 18.4. The third-order valence-electron chi connectivity index (χ3n) is 4.74. The number of allylic oxidation sites excluding steroid dienone is 1. The number of ether oxygens (including phenoxy) is 4. The van der Waals surface area contributed by atoms with Gasteiger partial charge < -0.3 is 18.9 Å². The Kier molecular flexibility index (Phi) is 7.60. The Balaban J connectivity index is 1.68. The number of hydrogen-bond acceptors (Lipinski definition) is 7. The number of ketones is 1. The number of carbonyl (C=O) groups excluding carboxylic acids is 3. The zero-order chi connectivity index (χ0) is 23.8. The first kappa shape index (κ1) is 23.3. The minimum atomic E-state index is -0.640. The largest absolute Gasteiger partial charge is 0.496 e. The van der Waals surface area contributed by atoms with Gasteiger partial charge in [-0.15, -0.1) is 0 Å². The Morgan fingerprint density at radius 3 is 1.82 bits per heavy atom. The highest BCUT2D eigenvalue weighted by Crippen LogP contribution is 2.29. The lowest BCUT2D eigenvalue weighted by Crippen LogP contribution is -2.12. The van der Waals surface area contributed by atoms with Crippen molar-refractivity contribution in [3.63, 3.8) is 0 Å². The maximum atomic E-state index is 12.6. The van der Waals surface area contributed by atoms with Crippen LogP contribution in [0.2, 0.25) is 0 Å². The Labute approximate surface area is 191 Å². The third kappa shape index (κ3) is 5.65. The van der Waals surface area contributed by atoms with Gasteiger partial charge in [0.15, 0.2) is 5.78 Å². The maximum absolute atomic E-state index is 12.6. The number of esters is 2. The van der Waals surface area contributed by atoms with Crippen LogP contribution in [0.5, 0.6) is 17.2 Å². The molecule has 0 radical (unpaired) electrons. The summed E-state index contributed by atoms with van der Waals surface area (Å²) in [6.07, 6.45) is 3.07. The minimum Gasteiger partial charge on any atom is -0.496 e. The van der Waals surface area contributed by atoms with Gasteiger partial charge in [-0.1, -0.05) is 24.3 Å². The van der Waals surface area contributed by atoms with Crippen molar-refractivity contribution in [1.29, 1.82) is 0 Å². The first-order valence-electron chi connectivity index (χ1n) is 9.91. The van der Waals surface area contributed by atoms with E-state index in [0.717, 1.165) is 5.56 Å². The normalized spacial score (nSPS) is 10.5. The van der Waals surface area contributed by atoms with Gasteiger partial charge in [-0.05, 0) is 60.2 Å². The molecule has 0 heterocycles. The second-order valence-electron chi connectivity index (χ2n) is 6.76. The van der Waals surface area contributed by atoms with E-state index >= 15 is 0 Å². The van der Waals surface area contributed by atoms with Crippen molar-refractivity contribution in [3.8, 4) is 17.2 Å². The molecule has 0 saturated carbocycles. The molecule has 0 aliphatic heterocycles. The lowest BCUT2D eigenvalue weighted by molar-refractivity contribution is 0.0600. The summed E-state index contributed by atoms with van der Waals surface area (Å²) in [4.78, 5) is 36.6. The van der Waals surface area contributed by atoms with Crippen LogP contribution >= 0.6 is 0 Å². The molecule has 7 heteroatoms. The van der Waals surface area contributed by atoms with Crippen molar-refractivity contribution >= 4 is 23.8 Å². The minimum absolute atomic E-state index is 0.170. The van der Waals surface area contributed by atoms with Crippen molar-refractivity contribution in [2.75, 3.05) is 21.3 Å². The second-order valence-corrected chi connectivity index (χ2v) is 6.76. The van der Waals surface area contributed by atoms with Gasteiger partial charge in [0.2, 0.25) is 0 Å². The third-order valence-corrected chi connectivity index (χ3v) is 4.74. The molecule has 0 atom stereocenters. The molecule has 0 fully saturated rings. The van der Waals surface area contributed by atoms with E-state index in [9.17, 15) is 14.4 Å². The fraction of sp³-hybridized carbons (Fsp3) is 0.115. The van der Waals surface area contributed by atoms with Crippen LogP contribution < -0.4 is 14.2 Å². The summed E-state index contributed by atoms with van der Waals surface area (Å²) < 4.78 is 20.5. The number of rotatable bonds is 8. The Morgan fingerprint density at radius 2 is 1.27 bits per heavy atom. The smallest absolute Gasteiger partial charge is 0.351 e. The molecule has 0 saturated heterocycles. The highest BCUT2D eigenvalue weighted by molar-refractivity contribution is 6.07. The molecule has 0 spiro atoms. The van der Waals surface area contributed by atoms with Gasteiger partial charge in [0, 0.05) is 5.56 Å². The number of carbonyl (C=O) groups is 3. The fourth-order valence-corrected chi connectivity index (χ4v) is 3.01. The van der Waals surface area contributed by atoms with E-state index in [4.69, 9.17) is 14.2 Å². The zero-order valence-corrected chi connectivity index (χ0v) is 18.4. The van der Waals surface area contributed by atoms with Gasteiger partial charge in [-0.25, -0.2) is 9.59 Å². The highest BCUT2D eigenvalue weighted by Gasteiger charge is 2.20. The van der Waals surface area contributed by atoms with Gasteiger partial charge in [0.05, 0.1) is 26.9 Å². The first-order valence-corrected chi connectivity index (χ1v) is 9.91. The first-order chi connectivity index (χ1) is 16.0. The van der Waals surface area contributed by atoms with Crippen LogP contribution in [0.4, 0.5) is 0 Å². The molecule has 0 unspecified atom stereocenters. The molecule has 0 amide bonds. The molecule has 3 aromatic rings. The molecule has 0 aromatic heterocycles. The summed E-state index contributed by atoms with van der Waals surface area (Å²) >= 11 is 0. The van der Waals surface area contributed by atoms with Crippen LogP contribution in [-0.4, -0.2) is 39.1 Å². The van der Waals surface area contributed by atoms with Crippen molar-refractivity contribution in [3.05, 3.63) is 95.1 Å². The SMILES string of the molecule is COC(=O)c1ccc(/C=C/C(=O)c2ccc(OC(=O)c3c(OC)cccc3OC)cc2)cc1. The number of hydrogen-bond donors (Lipinski definition) is 0. The predicted molar refractivity (Wildman–Crippen MR) is 122 cm³/mol. The van der Waals surface area contributed by atoms with Gasteiger partial charge in [-0.3, -0.25) is 4.79 Å². The molecule has 0 aliphatic carbocycles. The quantitative estimate of drug-likeness (QED) is 0.216. The van der Waals surface area contributed by atoms with Crippen LogP contribution in [0.3, 0.4) is 0 Å². The van der Waals surface area contributed by atoms with Crippen molar-refractivity contribution in [2.24, 2.45) is 0 Å².